The third kappa shape index (κ3) is 4.96. The van der Waals surface area contributed by atoms with Crippen LogP contribution in [0.5, 0.6) is 11.5 Å². The molecule has 1 fully saturated rings. The van der Waals surface area contributed by atoms with Gasteiger partial charge in [0.25, 0.3) is 11.8 Å². The van der Waals surface area contributed by atoms with Crippen LogP contribution < -0.4 is 20.1 Å². The minimum Gasteiger partial charge on any atom is -0.493 e. The van der Waals surface area contributed by atoms with Crippen molar-refractivity contribution in [1.29, 1.82) is 0 Å². The Kier molecular flexibility index (Phi) is 5.58. The number of nitrogens with zero attached hydrogens (tertiary/aromatic N) is 2. The predicted octanol–water partition coefficient (Wildman–Crippen LogP) is 0.899. The molecular weight excluding hydrogens is 352 g/mol. The van der Waals surface area contributed by atoms with Gasteiger partial charge in [-0.2, -0.15) is 5.10 Å². The summed E-state index contributed by atoms with van der Waals surface area (Å²) in [5.41, 5.74) is 0.750. The maximum Gasteiger partial charge on any atom is 0.271 e. The van der Waals surface area contributed by atoms with Gasteiger partial charge in [-0.1, -0.05) is 0 Å². The molecule has 9 nitrogen and oxygen atoms in total. The summed E-state index contributed by atoms with van der Waals surface area (Å²) >= 11 is 0. The molecule has 0 unspecified atom stereocenters. The maximum atomic E-state index is 12.4. The summed E-state index contributed by atoms with van der Waals surface area (Å²) in [5.74, 6) is 0.0815. The smallest absolute Gasteiger partial charge is 0.271 e. The molecule has 2 aliphatic rings. The molecule has 1 aliphatic carbocycles. The first-order valence-corrected chi connectivity index (χ1v) is 8.72. The van der Waals surface area contributed by atoms with E-state index < -0.39 is 5.91 Å². The number of methoxy groups -OCH3 is 1. The van der Waals surface area contributed by atoms with Gasteiger partial charge in [-0.15, -0.1) is 0 Å². The summed E-state index contributed by atoms with van der Waals surface area (Å²) in [6.45, 7) is -0.135. The van der Waals surface area contributed by atoms with Gasteiger partial charge in [-0.05, 0) is 25.0 Å². The first kappa shape index (κ1) is 18.7. The van der Waals surface area contributed by atoms with Crippen molar-refractivity contribution in [2.45, 2.75) is 31.7 Å². The number of carbonyl (C=O) groups excluding carboxylic acids is 3. The Morgan fingerprint density at radius 2 is 2.04 bits per heavy atom. The Balaban J connectivity index is 1.65. The molecule has 2 N–H and O–H groups in total. The molecule has 0 saturated heterocycles. The quantitative estimate of drug-likeness (QED) is 0.737. The molecule has 0 spiro atoms. The number of hydrogen-bond donors (Lipinski definition) is 2. The van der Waals surface area contributed by atoms with Gasteiger partial charge in [0.1, 0.15) is 5.71 Å². The first-order valence-electron chi connectivity index (χ1n) is 8.72. The minimum absolute atomic E-state index is 0.129. The van der Waals surface area contributed by atoms with Gasteiger partial charge in [0.05, 0.1) is 7.11 Å². The molecule has 1 aromatic rings. The Bertz CT molecular complexity index is 788. The highest BCUT2D eigenvalue weighted by molar-refractivity contribution is 6.43. The summed E-state index contributed by atoms with van der Waals surface area (Å²) in [5, 5.41) is 10.7. The second-order valence-corrected chi connectivity index (χ2v) is 6.41. The maximum absolute atomic E-state index is 12.4. The normalized spacial score (nSPS) is 16.4. The average Bonchev–Trinajstić information content (AvgIpc) is 3.46. The predicted molar refractivity (Wildman–Crippen MR) is 97.7 cm³/mol. The highest BCUT2D eigenvalue weighted by atomic mass is 16.5. The number of hydrogen-bond acceptors (Lipinski definition) is 6. The van der Waals surface area contributed by atoms with Crippen LogP contribution in [-0.4, -0.2) is 55.2 Å². The molecule has 1 saturated carbocycles. The molecule has 1 aromatic carbocycles. The Morgan fingerprint density at radius 3 is 2.70 bits per heavy atom. The van der Waals surface area contributed by atoms with E-state index in [1.54, 1.807) is 18.2 Å². The molecule has 3 amide bonds. The lowest BCUT2D eigenvalue weighted by Crippen LogP contribution is -2.34. The number of hydrazone groups is 1. The van der Waals surface area contributed by atoms with Gasteiger partial charge < -0.3 is 20.1 Å². The second kappa shape index (κ2) is 8.07. The van der Waals surface area contributed by atoms with Crippen molar-refractivity contribution in [2.75, 3.05) is 26.1 Å². The molecule has 1 aliphatic heterocycles. The number of ether oxygens (including phenoxy) is 2. The number of nitrogens with one attached hydrogen (secondary N) is 2. The number of carbonyl (C=O) groups is 3. The van der Waals surface area contributed by atoms with Crippen molar-refractivity contribution in [2.24, 2.45) is 5.10 Å². The van der Waals surface area contributed by atoms with Crippen LogP contribution in [0.3, 0.4) is 0 Å². The molecule has 0 radical (unpaired) electrons. The van der Waals surface area contributed by atoms with Crippen molar-refractivity contribution in [1.82, 2.24) is 10.3 Å². The van der Waals surface area contributed by atoms with Gasteiger partial charge in [0, 0.05) is 37.7 Å². The summed E-state index contributed by atoms with van der Waals surface area (Å²) < 4.78 is 10.8. The highest BCUT2D eigenvalue weighted by Gasteiger charge is 2.24. The van der Waals surface area contributed by atoms with Crippen molar-refractivity contribution < 1.29 is 23.9 Å². The lowest BCUT2D eigenvalue weighted by Gasteiger charge is -2.19. The van der Waals surface area contributed by atoms with E-state index in [1.165, 1.54) is 19.2 Å². The van der Waals surface area contributed by atoms with Crippen LogP contribution in [-0.2, 0) is 14.4 Å². The second-order valence-electron chi connectivity index (χ2n) is 6.41. The molecule has 9 heteroatoms. The lowest BCUT2D eigenvalue weighted by molar-refractivity contribution is -0.130. The molecular formula is C18H22N4O5. The van der Waals surface area contributed by atoms with Gasteiger partial charge in [-0.25, -0.2) is 5.01 Å². The van der Waals surface area contributed by atoms with Crippen molar-refractivity contribution in [3.63, 3.8) is 0 Å². The number of amides is 3. The van der Waals surface area contributed by atoms with Crippen LogP contribution in [0.15, 0.2) is 23.3 Å². The lowest BCUT2D eigenvalue weighted by atomic mass is 10.1. The fourth-order valence-electron chi connectivity index (χ4n) is 2.54. The summed E-state index contributed by atoms with van der Waals surface area (Å²) in [7, 11) is 3.01. The van der Waals surface area contributed by atoms with E-state index in [2.05, 4.69) is 15.7 Å². The van der Waals surface area contributed by atoms with Crippen molar-refractivity contribution in [3.8, 4) is 11.5 Å². The molecule has 144 valence electrons. The van der Waals surface area contributed by atoms with Crippen molar-refractivity contribution in [3.05, 3.63) is 18.2 Å². The van der Waals surface area contributed by atoms with E-state index in [0.29, 0.717) is 17.2 Å². The van der Waals surface area contributed by atoms with E-state index in [4.69, 9.17) is 9.47 Å². The number of anilines is 1. The van der Waals surface area contributed by atoms with E-state index >= 15 is 0 Å². The van der Waals surface area contributed by atoms with Gasteiger partial charge >= 0.3 is 0 Å². The number of rotatable bonds is 7. The summed E-state index contributed by atoms with van der Waals surface area (Å²) in [6.07, 6.45) is 2.54. The fraction of sp³-hybridized carbons (Fsp3) is 0.444. The van der Waals surface area contributed by atoms with Crippen LogP contribution in [0.2, 0.25) is 0 Å². The third-order valence-corrected chi connectivity index (χ3v) is 4.19. The van der Waals surface area contributed by atoms with E-state index in [-0.39, 0.29) is 43.0 Å². The van der Waals surface area contributed by atoms with Crippen LogP contribution in [0.1, 0.15) is 25.7 Å². The zero-order chi connectivity index (χ0) is 19.4. The van der Waals surface area contributed by atoms with Gasteiger partial charge in [0.15, 0.2) is 18.1 Å². The van der Waals surface area contributed by atoms with E-state index in [0.717, 1.165) is 12.8 Å². The number of benzene rings is 1. The summed E-state index contributed by atoms with van der Waals surface area (Å²) in [6, 6.07) is 5.14. The molecule has 0 aromatic heterocycles. The Morgan fingerprint density at radius 1 is 1.26 bits per heavy atom. The first-order chi connectivity index (χ1) is 13.0. The average molecular weight is 374 g/mol. The molecule has 1 heterocycles. The zero-order valence-corrected chi connectivity index (χ0v) is 15.3. The minimum atomic E-state index is -0.392. The summed E-state index contributed by atoms with van der Waals surface area (Å²) in [4.78, 5) is 35.6. The third-order valence-electron chi connectivity index (χ3n) is 4.19. The van der Waals surface area contributed by atoms with Gasteiger partial charge in [-0.3, -0.25) is 14.4 Å². The molecule has 3 rings (SSSR count). The molecule has 0 bridgehead atoms. The molecule has 0 atom stereocenters. The van der Waals surface area contributed by atoms with Gasteiger partial charge in [0.2, 0.25) is 5.91 Å². The SMILES string of the molecule is COc1ccc(NC(=O)C2=NN(C)C(=O)CC2)cc1OCC(=O)NC1CC1. The Labute approximate surface area is 156 Å². The van der Waals surface area contributed by atoms with Crippen LogP contribution in [0, 0.1) is 0 Å². The largest absolute Gasteiger partial charge is 0.493 e. The van der Waals surface area contributed by atoms with Crippen LogP contribution in [0.4, 0.5) is 5.69 Å². The fourth-order valence-corrected chi connectivity index (χ4v) is 2.54. The van der Waals surface area contributed by atoms with Crippen LogP contribution in [0.25, 0.3) is 0 Å². The topological polar surface area (TPSA) is 109 Å². The zero-order valence-electron chi connectivity index (χ0n) is 15.3. The standard InChI is InChI=1S/C18H22N4O5/c1-22-17(24)8-6-13(21-22)18(25)20-12-5-7-14(26-2)15(9-12)27-10-16(23)19-11-3-4-11/h5,7,9,11H,3-4,6,8,10H2,1-2H3,(H,19,23)(H,20,25). The highest BCUT2D eigenvalue weighted by Crippen LogP contribution is 2.30. The molecule has 27 heavy (non-hydrogen) atoms. The van der Waals surface area contributed by atoms with E-state index in [1.807, 2.05) is 0 Å². The van der Waals surface area contributed by atoms with E-state index in [9.17, 15) is 14.4 Å². The van der Waals surface area contributed by atoms with Crippen molar-refractivity contribution >= 4 is 29.1 Å². The monoisotopic (exact) mass is 374 g/mol. The Hall–Kier alpha value is -3.10. The van der Waals surface area contributed by atoms with Crippen LogP contribution >= 0.6 is 0 Å².